The largest absolute Gasteiger partial charge is 0.398 e. The topological polar surface area (TPSA) is 55.1 Å². The van der Waals surface area contributed by atoms with Crippen LogP contribution in [0.2, 0.25) is 0 Å². The van der Waals surface area contributed by atoms with E-state index in [0.717, 1.165) is 12.0 Å². The van der Waals surface area contributed by atoms with Gasteiger partial charge in [0.2, 0.25) is 0 Å². The van der Waals surface area contributed by atoms with Crippen LogP contribution in [0.15, 0.2) is 18.2 Å². The standard InChI is InChI=1S/C15H22N2O/c1-10-7-8-12(9-13(10)16)15(18)17-14-6-4-3-5-11(14)2/h7-9,11,14H,3-6,16H2,1-2H3,(H,17,18)/t11-,14+/m1/s1. The molecule has 18 heavy (non-hydrogen) atoms. The van der Waals surface area contributed by atoms with Gasteiger partial charge in [-0.15, -0.1) is 0 Å². The summed E-state index contributed by atoms with van der Waals surface area (Å²) in [7, 11) is 0. The molecule has 0 unspecified atom stereocenters. The first kappa shape index (κ1) is 12.9. The van der Waals surface area contributed by atoms with E-state index in [2.05, 4.69) is 12.2 Å². The summed E-state index contributed by atoms with van der Waals surface area (Å²) in [4.78, 5) is 12.2. The lowest BCUT2D eigenvalue weighted by molar-refractivity contribution is 0.0910. The van der Waals surface area contributed by atoms with E-state index in [0.29, 0.717) is 23.2 Å². The molecule has 0 heterocycles. The van der Waals surface area contributed by atoms with E-state index in [4.69, 9.17) is 5.73 Å². The van der Waals surface area contributed by atoms with Crippen LogP contribution in [-0.4, -0.2) is 11.9 Å². The smallest absolute Gasteiger partial charge is 0.251 e. The van der Waals surface area contributed by atoms with Crippen LogP contribution in [0.3, 0.4) is 0 Å². The van der Waals surface area contributed by atoms with Crippen molar-refractivity contribution in [2.24, 2.45) is 5.92 Å². The molecule has 0 radical (unpaired) electrons. The number of hydrogen-bond acceptors (Lipinski definition) is 2. The fraction of sp³-hybridized carbons (Fsp3) is 0.533. The third kappa shape index (κ3) is 2.84. The van der Waals surface area contributed by atoms with Crippen LogP contribution in [0.5, 0.6) is 0 Å². The van der Waals surface area contributed by atoms with E-state index in [1.54, 1.807) is 6.07 Å². The van der Waals surface area contributed by atoms with Crippen LogP contribution < -0.4 is 11.1 Å². The predicted octanol–water partition coefficient (Wildman–Crippen LogP) is 2.89. The molecule has 0 bridgehead atoms. The maximum absolute atomic E-state index is 12.2. The minimum absolute atomic E-state index is 0.000417. The number of carbonyl (C=O) groups excluding carboxylic acids is 1. The maximum Gasteiger partial charge on any atom is 0.251 e. The number of nitrogens with one attached hydrogen (secondary N) is 1. The normalized spacial score (nSPS) is 23.7. The molecule has 0 spiro atoms. The van der Waals surface area contributed by atoms with Gasteiger partial charge in [-0.05, 0) is 43.4 Å². The van der Waals surface area contributed by atoms with Gasteiger partial charge in [-0.25, -0.2) is 0 Å². The highest BCUT2D eigenvalue weighted by atomic mass is 16.1. The zero-order valence-corrected chi connectivity index (χ0v) is 11.2. The number of benzene rings is 1. The monoisotopic (exact) mass is 246 g/mol. The Kier molecular flexibility index (Phi) is 3.90. The molecule has 3 N–H and O–H groups in total. The van der Waals surface area contributed by atoms with Crippen molar-refractivity contribution in [1.82, 2.24) is 5.32 Å². The van der Waals surface area contributed by atoms with Crippen LogP contribution in [0.1, 0.15) is 48.5 Å². The number of anilines is 1. The van der Waals surface area contributed by atoms with Gasteiger partial charge in [-0.1, -0.05) is 25.8 Å². The van der Waals surface area contributed by atoms with Crippen LogP contribution >= 0.6 is 0 Å². The highest BCUT2D eigenvalue weighted by Gasteiger charge is 2.23. The van der Waals surface area contributed by atoms with Crippen LogP contribution in [0.4, 0.5) is 5.69 Å². The Morgan fingerprint density at radius 3 is 2.72 bits per heavy atom. The van der Waals surface area contributed by atoms with E-state index in [-0.39, 0.29) is 5.91 Å². The summed E-state index contributed by atoms with van der Waals surface area (Å²) >= 11 is 0. The summed E-state index contributed by atoms with van der Waals surface area (Å²) in [5.41, 5.74) is 8.19. The van der Waals surface area contributed by atoms with Gasteiger partial charge in [-0.3, -0.25) is 4.79 Å². The van der Waals surface area contributed by atoms with E-state index in [9.17, 15) is 4.79 Å². The molecule has 2 atom stereocenters. The molecule has 1 aromatic carbocycles. The molecule has 1 amide bonds. The van der Waals surface area contributed by atoms with E-state index in [1.165, 1.54) is 19.3 Å². The van der Waals surface area contributed by atoms with Gasteiger partial charge in [0.1, 0.15) is 0 Å². The number of carbonyl (C=O) groups is 1. The van der Waals surface area contributed by atoms with Gasteiger partial charge in [0.15, 0.2) is 0 Å². The Balaban J connectivity index is 2.04. The summed E-state index contributed by atoms with van der Waals surface area (Å²) < 4.78 is 0. The fourth-order valence-electron chi connectivity index (χ4n) is 2.56. The third-order valence-corrected chi connectivity index (χ3v) is 3.97. The molecule has 1 aliphatic carbocycles. The van der Waals surface area contributed by atoms with Crippen molar-refractivity contribution < 1.29 is 4.79 Å². The van der Waals surface area contributed by atoms with Gasteiger partial charge in [-0.2, -0.15) is 0 Å². The fourth-order valence-corrected chi connectivity index (χ4v) is 2.56. The minimum Gasteiger partial charge on any atom is -0.398 e. The Morgan fingerprint density at radius 2 is 2.06 bits per heavy atom. The van der Waals surface area contributed by atoms with Crippen LogP contribution in [0, 0.1) is 12.8 Å². The summed E-state index contributed by atoms with van der Waals surface area (Å²) in [5.74, 6) is 0.575. The van der Waals surface area contributed by atoms with Crippen molar-refractivity contribution >= 4 is 11.6 Å². The molecular formula is C15H22N2O. The molecule has 1 aromatic rings. The second-order valence-electron chi connectivity index (χ2n) is 5.41. The van der Waals surface area contributed by atoms with Crippen LogP contribution in [-0.2, 0) is 0 Å². The van der Waals surface area contributed by atoms with E-state index < -0.39 is 0 Å². The molecule has 1 aliphatic rings. The first-order valence-electron chi connectivity index (χ1n) is 6.75. The highest BCUT2D eigenvalue weighted by molar-refractivity contribution is 5.95. The molecule has 2 rings (SSSR count). The van der Waals surface area contributed by atoms with Crippen molar-refractivity contribution in [3.8, 4) is 0 Å². The SMILES string of the molecule is Cc1ccc(C(=O)N[C@H]2CCCC[C@H]2C)cc1N. The van der Waals surface area contributed by atoms with Gasteiger partial charge >= 0.3 is 0 Å². The van der Waals surface area contributed by atoms with Gasteiger partial charge in [0.25, 0.3) is 5.91 Å². The van der Waals surface area contributed by atoms with E-state index >= 15 is 0 Å². The zero-order chi connectivity index (χ0) is 13.1. The first-order valence-corrected chi connectivity index (χ1v) is 6.75. The van der Waals surface area contributed by atoms with E-state index in [1.807, 2.05) is 19.1 Å². The molecule has 1 saturated carbocycles. The number of amides is 1. The molecule has 0 saturated heterocycles. The average molecular weight is 246 g/mol. The average Bonchev–Trinajstić information content (AvgIpc) is 2.35. The summed E-state index contributed by atoms with van der Waals surface area (Å²) in [6, 6.07) is 5.81. The quantitative estimate of drug-likeness (QED) is 0.788. The third-order valence-electron chi connectivity index (χ3n) is 3.97. The molecule has 0 aromatic heterocycles. The summed E-state index contributed by atoms with van der Waals surface area (Å²) in [6.07, 6.45) is 4.80. The molecular weight excluding hydrogens is 224 g/mol. The lowest BCUT2D eigenvalue weighted by Gasteiger charge is -2.29. The molecule has 3 heteroatoms. The van der Waals surface area contributed by atoms with Gasteiger partial charge in [0.05, 0.1) is 0 Å². The zero-order valence-electron chi connectivity index (χ0n) is 11.2. The van der Waals surface area contributed by atoms with Crippen molar-refractivity contribution in [2.45, 2.75) is 45.6 Å². The second-order valence-corrected chi connectivity index (χ2v) is 5.41. The molecule has 98 valence electrons. The Morgan fingerprint density at radius 1 is 1.33 bits per heavy atom. The van der Waals surface area contributed by atoms with Gasteiger partial charge < -0.3 is 11.1 Å². The maximum atomic E-state index is 12.2. The second kappa shape index (κ2) is 5.42. The summed E-state index contributed by atoms with van der Waals surface area (Å²) in [5, 5.41) is 3.14. The number of hydrogen-bond donors (Lipinski definition) is 2. The van der Waals surface area contributed by atoms with Crippen molar-refractivity contribution in [2.75, 3.05) is 5.73 Å². The van der Waals surface area contributed by atoms with Crippen molar-refractivity contribution in [3.05, 3.63) is 29.3 Å². The molecule has 0 aliphatic heterocycles. The lowest BCUT2D eigenvalue weighted by atomic mass is 9.86. The highest BCUT2D eigenvalue weighted by Crippen LogP contribution is 2.24. The Labute approximate surface area is 109 Å². The minimum atomic E-state index is 0.000417. The first-order chi connectivity index (χ1) is 8.58. The lowest BCUT2D eigenvalue weighted by Crippen LogP contribution is -2.41. The Hall–Kier alpha value is -1.51. The Bertz CT molecular complexity index is 442. The van der Waals surface area contributed by atoms with Crippen LogP contribution in [0.25, 0.3) is 0 Å². The number of nitrogens with two attached hydrogens (primary N) is 1. The number of rotatable bonds is 2. The van der Waals surface area contributed by atoms with Gasteiger partial charge in [0, 0.05) is 17.3 Å². The number of aryl methyl sites for hydroxylation is 1. The number of nitrogen functional groups attached to an aromatic ring is 1. The molecule has 1 fully saturated rings. The summed E-state index contributed by atoms with van der Waals surface area (Å²) in [6.45, 7) is 4.16. The van der Waals surface area contributed by atoms with Crippen molar-refractivity contribution in [3.63, 3.8) is 0 Å². The molecule has 3 nitrogen and oxygen atoms in total. The predicted molar refractivity (Wildman–Crippen MR) is 74.5 cm³/mol. The van der Waals surface area contributed by atoms with Crippen molar-refractivity contribution in [1.29, 1.82) is 0 Å².